The number of piperidine rings is 1. The highest BCUT2D eigenvalue weighted by atomic mass is 16.3. The summed E-state index contributed by atoms with van der Waals surface area (Å²) in [6, 6.07) is 7.21. The minimum absolute atomic E-state index is 0.408. The zero-order chi connectivity index (χ0) is 15.5. The predicted molar refractivity (Wildman–Crippen MR) is 88.6 cm³/mol. The quantitative estimate of drug-likeness (QED) is 0.875. The molecule has 3 heteroatoms. The number of hydrogen-bond donors (Lipinski definition) is 2. The maximum atomic E-state index is 10.0. The first-order valence-electron chi connectivity index (χ1n) is 8.10. The van der Waals surface area contributed by atoms with Gasteiger partial charge in [-0.3, -0.25) is 0 Å². The van der Waals surface area contributed by atoms with Gasteiger partial charge >= 0.3 is 0 Å². The van der Waals surface area contributed by atoms with E-state index in [1.807, 2.05) is 14.0 Å². The van der Waals surface area contributed by atoms with Crippen LogP contribution in [0.5, 0.6) is 0 Å². The zero-order valence-corrected chi connectivity index (χ0v) is 13.9. The molecule has 118 valence electrons. The highest BCUT2D eigenvalue weighted by Gasteiger charge is 2.27. The predicted octanol–water partition coefficient (Wildman–Crippen LogP) is 2.80. The monoisotopic (exact) mass is 290 g/mol. The standard InChI is InChI=1S/C18H30N2O/c1-14-11-15(2)13-16(12-14)17(19-4)5-8-20-9-6-18(3,21)7-10-20/h11-13,17,19,21H,5-10H2,1-4H3. The van der Waals surface area contributed by atoms with E-state index >= 15 is 0 Å². The molecule has 0 saturated carbocycles. The van der Waals surface area contributed by atoms with E-state index in [0.717, 1.165) is 38.9 Å². The summed E-state index contributed by atoms with van der Waals surface area (Å²) in [5, 5.41) is 13.5. The molecule has 0 aromatic heterocycles. The van der Waals surface area contributed by atoms with Crippen molar-refractivity contribution in [2.45, 2.75) is 51.7 Å². The molecular weight excluding hydrogens is 260 g/mol. The first-order valence-corrected chi connectivity index (χ1v) is 8.10. The lowest BCUT2D eigenvalue weighted by molar-refractivity contribution is -0.00593. The molecule has 1 fully saturated rings. The van der Waals surface area contributed by atoms with Crippen molar-refractivity contribution in [1.82, 2.24) is 10.2 Å². The van der Waals surface area contributed by atoms with Crippen LogP contribution in [0.1, 0.15) is 48.9 Å². The van der Waals surface area contributed by atoms with Crippen molar-refractivity contribution < 1.29 is 5.11 Å². The van der Waals surface area contributed by atoms with Crippen LogP contribution < -0.4 is 5.32 Å². The maximum Gasteiger partial charge on any atom is 0.0644 e. The van der Waals surface area contributed by atoms with E-state index in [4.69, 9.17) is 0 Å². The van der Waals surface area contributed by atoms with Crippen molar-refractivity contribution in [3.05, 3.63) is 34.9 Å². The van der Waals surface area contributed by atoms with Crippen molar-refractivity contribution in [2.24, 2.45) is 0 Å². The lowest BCUT2D eigenvalue weighted by Gasteiger charge is -2.36. The number of benzene rings is 1. The number of nitrogens with zero attached hydrogens (tertiary/aromatic N) is 1. The van der Waals surface area contributed by atoms with E-state index in [-0.39, 0.29) is 0 Å². The fourth-order valence-corrected chi connectivity index (χ4v) is 3.26. The smallest absolute Gasteiger partial charge is 0.0644 e. The van der Waals surface area contributed by atoms with Crippen LogP contribution in [-0.2, 0) is 0 Å². The fraction of sp³-hybridized carbons (Fsp3) is 0.667. The molecule has 0 amide bonds. The second-order valence-electron chi connectivity index (χ2n) is 6.89. The number of aliphatic hydroxyl groups is 1. The van der Waals surface area contributed by atoms with Crippen LogP contribution in [-0.4, -0.2) is 42.3 Å². The first-order chi connectivity index (χ1) is 9.89. The number of likely N-dealkylation sites (tertiary alicyclic amines) is 1. The summed E-state index contributed by atoms with van der Waals surface area (Å²) in [4.78, 5) is 2.48. The van der Waals surface area contributed by atoms with E-state index in [0.29, 0.717) is 6.04 Å². The molecule has 3 nitrogen and oxygen atoms in total. The van der Waals surface area contributed by atoms with E-state index in [9.17, 15) is 5.11 Å². The molecular formula is C18H30N2O. The first kappa shape index (κ1) is 16.5. The highest BCUT2D eigenvalue weighted by molar-refractivity contribution is 5.30. The summed E-state index contributed by atoms with van der Waals surface area (Å²) >= 11 is 0. The van der Waals surface area contributed by atoms with Gasteiger partial charge in [-0.2, -0.15) is 0 Å². The summed E-state index contributed by atoms with van der Waals surface area (Å²) in [6.07, 6.45) is 2.89. The molecule has 1 atom stereocenters. The van der Waals surface area contributed by atoms with E-state index in [1.54, 1.807) is 0 Å². The normalized spacial score (nSPS) is 20.4. The number of hydrogen-bond acceptors (Lipinski definition) is 3. The Morgan fingerprint density at radius 2 is 1.76 bits per heavy atom. The lowest BCUT2D eigenvalue weighted by atomic mass is 9.93. The molecule has 1 saturated heterocycles. The van der Waals surface area contributed by atoms with Crippen LogP contribution in [0.15, 0.2) is 18.2 Å². The van der Waals surface area contributed by atoms with Crippen molar-refractivity contribution >= 4 is 0 Å². The van der Waals surface area contributed by atoms with Crippen LogP contribution in [0.3, 0.4) is 0 Å². The Morgan fingerprint density at radius 3 is 2.29 bits per heavy atom. The molecule has 0 aliphatic carbocycles. The Morgan fingerprint density at radius 1 is 1.19 bits per heavy atom. The minimum atomic E-state index is -0.452. The molecule has 2 rings (SSSR count). The molecule has 2 N–H and O–H groups in total. The fourth-order valence-electron chi connectivity index (χ4n) is 3.26. The van der Waals surface area contributed by atoms with Gasteiger partial charge in [0.2, 0.25) is 0 Å². The summed E-state index contributed by atoms with van der Waals surface area (Å²) in [6.45, 7) is 9.39. The lowest BCUT2D eigenvalue weighted by Crippen LogP contribution is -2.43. The number of aryl methyl sites for hydroxylation is 2. The van der Waals surface area contributed by atoms with Crippen molar-refractivity contribution in [3.8, 4) is 0 Å². The molecule has 1 unspecified atom stereocenters. The van der Waals surface area contributed by atoms with Gasteiger partial charge in [0.1, 0.15) is 0 Å². The minimum Gasteiger partial charge on any atom is -0.390 e. The summed E-state index contributed by atoms with van der Waals surface area (Å²) < 4.78 is 0. The Labute approximate surface area is 129 Å². The second-order valence-corrected chi connectivity index (χ2v) is 6.89. The van der Waals surface area contributed by atoms with E-state index in [2.05, 4.69) is 42.3 Å². The average Bonchev–Trinajstić information content (AvgIpc) is 2.40. The Hall–Kier alpha value is -0.900. The van der Waals surface area contributed by atoms with Crippen molar-refractivity contribution in [3.63, 3.8) is 0 Å². The zero-order valence-electron chi connectivity index (χ0n) is 13.9. The molecule has 1 heterocycles. The molecule has 0 radical (unpaired) electrons. The number of nitrogens with one attached hydrogen (secondary N) is 1. The van der Waals surface area contributed by atoms with Gasteiger partial charge in [-0.25, -0.2) is 0 Å². The Kier molecular flexibility index (Phi) is 5.42. The summed E-state index contributed by atoms with van der Waals surface area (Å²) in [5.41, 5.74) is 3.60. The molecule has 21 heavy (non-hydrogen) atoms. The van der Waals surface area contributed by atoms with Crippen molar-refractivity contribution in [1.29, 1.82) is 0 Å². The van der Waals surface area contributed by atoms with Gasteiger partial charge < -0.3 is 15.3 Å². The number of rotatable bonds is 5. The van der Waals surface area contributed by atoms with Gasteiger partial charge in [0, 0.05) is 19.1 Å². The molecule has 1 aromatic rings. The SMILES string of the molecule is CNC(CCN1CCC(C)(O)CC1)c1cc(C)cc(C)c1. The topological polar surface area (TPSA) is 35.5 Å². The molecule has 1 aliphatic rings. The summed E-state index contributed by atoms with van der Waals surface area (Å²) in [5.74, 6) is 0. The van der Waals surface area contributed by atoms with Gasteiger partial charge in [-0.15, -0.1) is 0 Å². The third-order valence-electron chi connectivity index (χ3n) is 4.66. The van der Waals surface area contributed by atoms with Gasteiger partial charge in [0.05, 0.1) is 5.60 Å². The van der Waals surface area contributed by atoms with E-state index < -0.39 is 5.60 Å². The Bertz CT molecular complexity index is 440. The molecule has 0 spiro atoms. The van der Waals surface area contributed by atoms with Gasteiger partial charge in [0.15, 0.2) is 0 Å². The maximum absolute atomic E-state index is 10.0. The average molecular weight is 290 g/mol. The highest BCUT2D eigenvalue weighted by Crippen LogP contribution is 2.24. The Balaban J connectivity index is 1.91. The van der Waals surface area contributed by atoms with Gasteiger partial charge in [-0.1, -0.05) is 29.3 Å². The summed E-state index contributed by atoms with van der Waals surface area (Å²) in [7, 11) is 2.04. The molecule has 1 aliphatic heterocycles. The third kappa shape index (κ3) is 4.80. The van der Waals surface area contributed by atoms with Crippen LogP contribution in [0, 0.1) is 13.8 Å². The third-order valence-corrected chi connectivity index (χ3v) is 4.66. The van der Waals surface area contributed by atoms with E-state index in [1.165, 1.54) is 16.7 Å². The van der Waals surface area contributed by atoms with Crippen LogP contribution in [0.25, 0.3) is 0 Å². The van der Waals surface area contributed by atoms with Crippen LogP contribution in [0.4, 0.5) is 0 Å². The largest absolute Gasteiger partial charge is 0.390 e. The van der Waals surface area contributed by atoms with Gasteiger partial charge in [-0.05, 0) is 59.2 Å². The second kappa shape index (κ2) is 6.91. The molecule has 0 bridgehead atoms. The van der Waals surface area contributed by atoms with Crippen LogP contribution >= 0.6 is 0 Å². The van der Waals surface area contributed by atoms with Crippen molar-refractivity contribution in [2.75, 3.05) is 26.7 Å². The molecule has 1 aromatic carbocycles. The van der Waals surface area contributed by atoms with Gasteiger partial charge in [0.25, 0.3) is 0 Å². The van der Waals surface area contributed by atoms with Crippen LogP contribution in [0.2, 0.25) is 0 Å².